The number of rotatable bonds is 4. The summed E-state index contributed by atoms with van der Waals surface area (Å²) in [5.41, 5.74) is 6.12. The van der Waals surface area contributed by atoms with E-state index in [9.17, 15) is 0 Å². The molecule has 0 aromatic heterocycles. The molecule has 100 valence electrons. The Morgan fingerprint density at radius 3 is 2.47 bits per heavy atom. The summed E-state index contributed by atoms with van der Waals surface area (Å²) in [5.74, 6) is 1.01. The molecule has 1 saturated heterocycles. The SMILES string of the molecule is CC(N)C1CCCCN1CCC1CCCCC1. The highest BCUT2D eigenvalue weighted by Gasteiger charge is 2.25. The molecule has 2 nitrogen and oxygen atoms in total. The van der Waals surface area contributed by atoms with E-state index >= 15 is 0 Å². The molecule has 2 fully saturated rings. The van der Waals surface area contributed by atoms with Gasteiger partial charge in [0, 0.05) is 12.1 Å². The highest BCUT2D eigenvalue weighted by molar-refractivity contribution is 4.83. The molecule has 2 aliphatic rings. The number of hydrogen-bond acceptors (Lipinski definition) is 2. The van der Waals surface area contributed by atoms with Crippen LogP contribution in [0.25, 0.3) is 0 Å². The van der Waals surface area contributed by atoms with Gasteiger partial charge in [-0.05, 0) is 45.2 Å². The number of hydrogen-bond donors (Lipinski definition) is 1. The van der Waals surface area contributed by atoms with Crippen LogP contribution in [0, 0.1) is 5.92 Å². The van der Waals surface area contributed by atoms with Crippen LogP contribution in [0.1, 0.15) is 64.7 Å². The van der Waals surface area contributed by atoms with Gasteiger partial charge in [-0.3, -0.25) is 4.90 Å². The summed E-state index contributed by atoms with van der Waals surface area (Å²) in [6, 6.07) is 1.01. The van der Waals surface area contributed by atoms with Crippen LogP contribution in [-0.2, 0) is 0 Å². The van der Waals surface area contributed by atoms with Crippen molar-refractivity contribution in [2.24, 2.45) is 11.7 Å². The van der Waals surface area contributed by atoms with Crippen LogP contribution in [0.3, 0.4) is 0 Å². The zero-order chi connectivity index (χ0) is 12.1. The van der Waals surface area contributed by atoms with E-state index in [1.165, 1.54) is 70.9 Å². The van der Waals surface area contributed by atoms with E-state index in [2.05, 4.69) is 11.8 Å². The van der Waals surface area contributed by atoms with Crippen LogP contribution >= 0.6 is 0 Å². The van der Waals surface area contributed by atoms with E-state index < -0.39 is 0 Å². The minimum absolute atomic E-state index is 0.349. The molecule has 1 saturated carbocycles. The molecule has 1 heterocycles. The van der Waals surface area contributed by atoms with Gasteiger partial charge in [-0.1, -0.05) is 38.5 Å². The summed E-state index contributed by atoms with van der Waals surface area (Å²) in [6.45, 7) is 4.78. The van der Waals surface area contributed by atoms with Crippen molar-refractivity contribution in [1.82, 2.24) is 4.90 Å². The van der Waals surface area contributed by atoms with Gasteiger partial charge < -0.3 is 5.73 Å². The lowest BCUT2D eigenvalue weighted by Crippen LogP contribution is -2.49. The Kier molecular flexibility index (Phi) is 5.30. The van der Waals surface area contributed by atoms with Crippen molar-refractivity contribution in [3.63, 3.8) is 0 Å². The summed E-state index contributed by atoms with van der Waals surface area (Å²) >= 11 is 0. The normalized spacial score (nSPS) is 30.4. The lowest BCUT2D eigenvalue weighted by Gasteiger charge is -2.39. The fourth-order valence-corrected chi connectivity index (χ4v) is 3.71. The maximum Gasteiger partial charge on any atom is 0.0244 e. The van der Waals surface area contributed by atoms with Gasteiger partial charge in [0.05, 0.1) is 0 Å². The zero-order valence-corrected chi connectivity index (χ0v) is 11.5. The lowest BCUT2D eigenvalue weighted by molar-refractivity contribution is 0.118. The zero-order valence-electron chi connectivity index (χ0n) is 11.5. The number of nitrogens with zero attached hydrogens (tertiary/aromatic N) is 1. The van der Waals surface area contributed by atoms with Crippen molar-refractivity contribution < 1.29 is 0 Å². The van der Waals surface area contributed by atoms with Gasteiger partial charge in [0.2, 0.25) is 0 Å². The molecule has 1 aliphatic carbocycles. The number of nitrogens with two attached hydrogens (primary N) is 1. The quantitative estimate of drug-likeness (QED) is 0.815. The third-order valence-electron chi connectivity index (χ3n) is 4.82. The minimum atomic E-state index is 0.349. The molecule has 0 spiro atoms. The predicted molar refractivity (Wildman–Crippen MR) is 74.1 cm³/mol. The maximum absolute atomic E-state index is 6.12. The first-order valence-corrected chi connectivity index (χ1v) is 7.77. The predicted octanol–water partition coefficient (Wildman–Crippen LogP) is 3.16. The van der Waals surface area contributed by atoms with Crippen molar-refractivity contribution >= 4 is 0 Å². The Morgan fingerprint density at radius 1 is 1.06 bits per heavy atom. The number of piperidine rings is 1. The van der Waals surface area contributed by atoms with Gasteiger partial charge in [0.15, 0.2) is 0 Å². The van der Waals surface area contributed by atoms with Crippen molar-refractivity contribution in [3.8, 4) is 0 Å². The first-order chi connectivity index (χ1) is 8.27. The molecule has 2 rings (SSSR count). The van der Waals surface area contributed by atoms with Crippen LogP contribution in [0.15, 0.2) is 0 Å². The van der Waals surface area contributed by atoms with Gasteiger partial charge in [-0.2, -0.15) is 0 Å². The van der Waals surface area contributed by atoms with E-state index in [4.69, 9.17) is 5.73 Å². The fraction of sp³-hybridized carbons (Fsp3) is 1.00. The van der Waals surface area contributed by atoms with Crippen molar-refractivity contribution in [1.29, 1.82) is 0 Å². The Labute approximate surface area is 107 Å². The summed E-state index contributed by atoms with van der Waals surface area (Å²) in [7, 11) is 0. The molecule has 0 radical (unpaired) electrons. The first-order valence-electron chi connectivity index (χ1n) is 7.77. The summed E-state index contributed by atoms with van der Waals surface area (Å²) < 4.78 is 0. The van der Waals surface area contributed by atoms with E-state index in [0.29, 0.717) is 12.1 Å². The Morgan fingerprint density at radius 2 is 1.76 bits per heavy atom. The number of likely N-dealkylation sites (tertiary alicyclic amines) is 1. The van der Waals surface area contributed by atoms with Crippen LogP contribution in [0.5, 0.6) is 0 Å². The highest BCUT2D eigenvalue weighted by atomic mass is 15.2. The summed E-state index contributed by atoms with van der Waals surface area (Å²) in [6.07, 6.45) is 12.9. The fourth-order valence-electron chi connectivity index (χ4n) is 3.71. The Balaban J connectivity index is 1.75. The molecule has 2 atom stereocenters. The second kappa shape index (κ2) is 6.75. The van der Waals surface area contributed by atoms with E-state index in [1.54, 1.807) is 0 Å². The lowest BCUT2D eigenvalue weighted by atomic mass is 9.86. The molecule has 17 heavy (non-hydrogen) atoms. The largest absolute Gasteiger partial charge is 0.327 e. The molecule has 0 amide bonds. The molecular formula is C15H30N2. The van der Waals surface area contributed by atoms with E-state index in [1.807, 2.05) is 0 Å². The summed E-state index contributed by atoms with van der Waals surface area (Å²) in [4.78, 5) is 2.68. The third kappa shape index (κ3) is 3.96. The maximum atomic E-state index is 6.12. The molecule has 1 aliphatic heterocycles. The average molecular weight is 238 g/mol. The van der Waals surface area contributed by atoms with Gasteiger partial charge in [0.25, 0.3) is 0 Å². The average Bonchev–Trinajstić information content (AvgIpc) is 2.38. The van der Waals surface area contributed by atoms with Crippen molar-refractivity contribution in [3.05, 3.63) is 0 Å². The molecule has 0 bridgehead atoms. The van der Waals surface area contributed by atoms with E-state index in [0.717, 1.165) is 5.92 Å². The van der Waals surface area contributed by atoms with Gasteiger partial charge >= 0.3 is 0 Å². The standard InChI is InChI=1S/C15H30N2/c1-13(16)15-9-5-6-11-17(15)12-10-14-7-3-2-4-8-14/h13-15H,2-12,16H2,1H3. The summed E-state index contributed by atoms with van der Waals surface area (Å²) in [5, 5.41) is 0. The van der Waals surface area contributed by atoms with Crippen molar-refractivity contribution in [2.75, 3.05) is 13.1 Å². The second-order valence-corrected chi connectivity index (χ2v) is 6.25. The molecule has 2 unspecified atom stereocenters. The molecule has 0 aromatic rings. The minimum Gasteiger partial charge on any atom is -0.327 e. The second-order valence-electron chi connectivity index (χ2n) is 6.25. The third-order valence-corrected chi connectivity index (χ3v) is 4.82. The van der Waals surface area contributed by atoms with Crippen LogP contribution in [0.4, 0.5) is 0 Å². The van der Waals surface area contributed by atoms with E-state index in [-0.39, 0.29) is 0 Å². The molecular weight excluding hydrogens is 208 g/mol. The molecule has 0 aromatic carbocycles. The monoisotopic (exact) mass is 238 g/mol. The van der Waals surface area contributed by atoms with Crippen molar-refractivity contribution in [2.45, 2.75) is 76.8 Å². The van der Waals surface area contributed by atoms with Gasteiger partial charge in [-0.25, -0.2) is 0 Å². The Bertz CT molecular complexity index is 209. The molecule has 2 heteroatoms. The smallest absolute Gasteiger partial charge is 0.0244 e. The topological polar surface area (TPSA) is 29.3 Å². The van der Waals surface area contributed by atoms with Crippen LogP contribution in [0.2, 0.25) is 0 Å². The van der Waals surface area contributed by atoms with Gasteiger partial charge in [-0.15, -0.1) is 0 Å². The van der Waals surface area contributed by atoms with Crippen LogP contribution in [-0.4, -0.2) is 30.1 Å². The molecule has 2 N–H and O–H groups in total. The first kappa shape index (κ1) is 13.4. The Hall–Kier alpha value is -0.0800. The van der Waals surface area contributed by atoms with Gasteiger partial charge in [0.1, 0.15) is 0 Å². The van der Waals surface area contributed by atoms with Crippen LogP contribution < -0.4 is 5.73 Å². The highest BCUT2D eigenvalue weighted by Crippen LogP contribution is 2.28.